The number of carbonyl (C=O) groups excluding carboxylic acids is 1. The van der Waals surface area contributed by atoms with Gasteiger partial charge in [-0.05, 0) is 93.3 Å². The molecular formula is C28H30N2O5S. The number of unbranched alkanes of at least 4 members (excludes halogenated alkanes) is 3. The summed E-state index contributed by atoms with van der Waals surface area (Å²) in [5.74, 6) is 0.410. The summed E-state index contributed by atoms with van der Waals surface area (Å²) in [6.07, 6.45) is 3.68. The van der Waals surface area contributed by atoms with Gasteiger partial charge in [0.05, 0.1) is 34.4 Å². The van der Waals surface area contributed by atoms with Gasteiger partial charge in [-0.25, -0.2) is 13.2 Å². The Morgan fingerprint density at radius 3 is 1.86 bits per heavy atom. The van der Waals surface area contributed by atoms with Gasteiger partial charge in [-0.3, -0.25) is 0 Å². The van der Waals surface area contributed by atoms with Gasteiger partial charge in [0, 0.05) is 5.57 Å². The summed E-state index contributed by atoms with van der Waals surface area (Å²) in [5.41, 5.74) is 1.63. The van der Waals surface area contributed by atoms with E-state index in [1.165, 1.54) is 12.1 Å². The van der Waals surface area contributed by atoms with Gasteiger partial charge in [0.15, 0.2) is 0 Å². The van der Waals surface area contributed by atoms with Crippen LogP contribution in [-0.4, -0.2) is 27.6 Å². The second-order valence-electron chi connectivity index (χ2n) is 8.18. The van der Waals surface area contributed by atoms with Crippen LogP contribution in [0.25, 0.3) is 0 Å². The molecule has 3 aromatic carbocycles. The lowest BCUT2D eigenvalue weighted by molar-refractivity contribution is -0.139. The van der Waals surface area contributed by atoms with Gasteiger partial charge in [-0.2, -0.15) is 10.2 Å². The molecule has 0 spiro atoms. The summed E-state index contributed by atoms with van der Waals surface area (Å²) in [7, 11) is -3.56. The molecule has 0 aliphatic heterocycles. The van der Waals surface area contributed by atoms with Gasteiger partial charge < -0.3 is 9.47 Å². The van der Waals surface area contributed by atoms with Crippen molar-refractivity contribution in [2.75, 3.05) is 13.2 Å². The monoisotopic (exact) mass is 506 g/mol. The van der Waals surface area contributed by atoms with E-state index in [-0.39, 0.29) is 15.8 Å². The van der Waals surface area contributed by atoms with E-state index in [4.69, 9.17) is 9.47 Å². The summed E-state index contributed by atoms with van der Waals surface area (Å²) < 4.78 is 36.2. The van der Waals surface area contributed by atoms with Crippen molar-refractivity contribution in [3.05, 3.63) is 91.0 Å². The van der Waals surface area contributed by atoms with Crippen molar-refractivity contribution in [3.63, 3.8) is 0 Å². The summed E-state index contributed by atoms with van der Waals surface area (Å²) in [6, 6.07) is 21.9. The molecule has 0 saturated carbocycles. The topological polar surface area (TPSA) is 94.4 Å². The molecule has 8 heteroatoms. The smallest absolute Gasteiger partial charge is 0.333 e. The molecule has 3 rings (SSSR count). The summed E-state index contributed by atoms with van der Waals surface area (Å²) in [6.45, 7) is 6.21. The third-order valence-corrected chi connectivity index (χ3v) is 6.99. The number of hydrogen-bond donors (Lipinski definition) is 0. The van der Waals surface area contributed by atoms with E-state index in [0.717, 1.165) is 31.4 Å². The molecule has 0 heterocycles. The van der Waals surface area contributed by atoms with E-state index in [1.807, 2.05) is 24.3 Å². The standard InChI is InChI=1S/C28H30N2O5S/c1-22(2)28(31)35-21-9-4-3-8-20-34-25-16-12-23(13-17-25)29-30-24-14-18-27(19-15-24)36(32,33)26-10-6-5-7-11-26/h5-7,10-19H,1,3-4,8-9,20-21H2,2H3. The van der Waals surface area contributed by atoms with Crippen molar-refractivity contribution in [2.24, 2.45) is 10.2 Å². The van der Waals surface area contributed by atoms with Crippen LogP contribution in [0.15, 0.2) is 111 Å². The molecule has 0 amide bonds. The number of sulfone groups is 1. The second kappa shape index (κ2) is 13.3. The number of carbonyl (C=O) groups is 1. The number of ether oxygens (including phenoxy) is 2. The third kappa shape index (κ3) is 8.16. The first-order chi connectivity index (χ1) is 17.4. The Morgan fingerprint density at radius 2 is 1.28 bits per heavy atom. The molecule has 0 bridgehead atoms. The minimum Gasteiger partial charge on any atom is -0.494 e. The number of esters is 1. The van der Waals surface area contributed by atoms with Crippen molar-refractivity contribution in [3.8, 4) is 5.75 Å². The molecule has 3 aromatic rings. The van der Waals surface area contributed by atoms with E-state index in [0.29, 0.717) is 30.2 Å². The van der Waals surface area contributed by atoms with Gasteiger partial charge in [0.1, 0.15) is 5.75 Å². The van der Waals surface area contributed by atoms with Crippen LogP contribution in [0.2, 0.25) is 0 Å². The molecule has 0 radical (unpaired) electrons. The first-order valence-corrected chi connectivity index (χ1v) is 13.2. The minimum atomic E-state index is -3.56. The Hall–Kier alpha value is -3.78. The van der Waals surface area contributed by atoms with Crippen LogP contribution >= 0.6 is 0 Å². The highest BCUT2D eigenvalue weighted by Gasteiger charge is 2.16. The van der Waals surface area contributed by atoms with Gasteiger partial charge in [-0.15, -0.1) is 0 Å². The molecule has 0 aliphatic rings. The Bertz CT molecular complexity index is 1270. The molecule has 36 heavy (non-hydrogen) atoms. The molecule has 0 N–H and O–H groups in total. The van der Waals surface area contributed by atoms with E-state index >= 15 is 0 Å². The fourth-order valence-corrected chi connectivity index (χ4v) is 4.47. The maximum Gasteiger partial charge on any atom is 0.333 e. The summed E-state index contributed by atoms with van der Waals surface area (Å²) >= 11 is 0. The zero-order valence-corrected chi connectivity index (χ0v) is 21.1. The maximum atomic E-state index is 12.7. The molecule has 0 aliphatic carbocycles. The zero-order chi connectivity index (χ0) is 25.8. The fraction of sp³-hybridized carbons (Fsp3) is 0.250. The van der Waals surface area contributed by atoms with Crippen molar-refractivity contribution in [2.45, 2.75) is 42.4 Å². The Labute approximate surface area is 212 Å². The number of rotatable bonds is 13. The van der Waals surface area contributed by atoms with E-state index in [1.54, 1.807) is 49.4 Å². The van der Waals surface area contributed by atoms with Crippen molar-refractivity contribution in [1.82, 2.24) is 0 Å². The predicted octanol–water partition coefficient (Wildman–Crippen LogP) is 6.99. The molecule has 0 fully saturated rings. The quantitative estimate of drug-likeness (QED) is 0.108. The maximum absolute atomic E-state index is 12.7. The number of benzene rings is 3. The van der Waals surface area contributed by atoms with E-state index in [9.17, 15) is 13.2 Å². The highest BCUT2D eigenvalue weighted by Crippen LogP contribution is 2.25. The van der Waals surface area contributed by atoms with E-state index in [2.05, 4.69) is 16.8 Å². The highest BCUT2D eigenvalue weighted by molar-refractivity contribution is 7.91. The first kappa shape index (κ1) is 26.8. The molecule has 0 aromatic heterocycles. The van der Waals surface area contributed by atoms with Crippen LogP contribution in [0.4, 0.5) is 11.4 Å². The highest BCUT2D eigenvalue weighted by atomic mass is 32.2. The SMILES string of the molecule is C=C(C)C(=O)OCCCCCCOc1ccc(N=Nc2ccc(S(=O)(=O)c3ccccc3)cc2)cc1. The number of nitrogens with zero attached hydrogens (tertiary/aromatic N) is 2. The normalized spacial score (nSPS) is 11.4. The van der Waals surface area contributed by atoms with Crippen LogP contribution < -0.4 is 4.74 Å². The third-order valence-electron chi connectivity index (χ3n) is 5.21. The van der Waals surface area contributed by atoms with Gasteiger partial charge in [0.2, 0.25) is 9.84 Å². The lowest BCUT2D eigenvalue weighted by atomic mass is 10.2. The fourth-order valence-electron chi connectivity index (χ4n) is 3.19. The molecule has 0 atom stereocenters. The van der Waals surface area contributed by atoms with Crippen LogP contribution in [0, 0.1) is 0 Å². The lowest BCUT2D eigenvalue weighted by Gasteiger charge is -2.07. The average Bonchev–Trinajstić information content (AvgIpc) is 2.90. The van der Waals surface area contributed by atoms with Crippen LogP contribution in [0.1, 0.15) is 32.6 Å². The average molecular weight is 507 g/mol. The van der Waals surface area contributed by atoms with E-state index < -0.39 is 9.84 Å². The van der Waals surface area contributed by atoms with Crippen LogP contribution in [0.3, 0.4) is 0 Å². The van der Waals surface area contributed by atoms with Crippen molar-refractivity contribution in [1.29, 1.82) is 0 Å². The molecule has 188 valence electrons. The minimum absolute atomic E-state index is 0.209. The van der Waals surface area contributed by atoms with Crippen molar-refractivity contribution >= 4 is 27.2 Å². The van der Waals surface area contributed by atoms with Crippen LogP contribution in [-0.2, 0) is 19.4 Å². The zero-order valence-electron chi connectivity index (χ0n) is 20.3. The molecule has 0 saturated heterocycles. The Balaban J connectivity index is 1.40. The predicted molar refractivity (Wildman–Crippen MR) is 139 cm³/mol. The molecule has 7 nitrogen and oxygen atoms in total. The Morgan fingerprint density at radius 1 is 0.750 bits per heavy atom. The number of hydrogen-bond acceptors (Lipinski definition) is 7. The van der Waals surface area contributed by atoms with Crippen LogP contribution in [0.5, 0.6) is 5.75 Å². The van der Waals surface area contributed by atoms with Crippen molar-refractivity contribution < 1.29 is 22.7 Å². The Kier molecular flexibility index (Phi) is 9.94. The largest absolute Gasteiger partial charge is 0.494 e. The molecule has 0 unspecified atom stereocenters. The summed E-state index contributed by atoms with van der Waals surface area (Å²) in [4.78, 5) is 11.7. The molecular weight excluding hydrogens is 476 g/mol. The summed E-state index contributed by atoms with van der Waals surface area (Å²) in [5, 5.41) is 8.39. The lowest BCUT2D eigenvalue weighted by Crippen LogP contribution is -2.06. The number of azo groups is 1. The van der Waals surface area contributed by atoms with Gasteiger partial charge >= 0.3 is 5.97 Å². The second-order valence-corrected chi connectivity index (χ2v) is 10.1. The van der Waals surface area contributed by atoms with Gasteiger partial charge in [-0.1, -0.05) is 24.8 Å². The van der Waals surface area contributed by atoms with Gasteiger partial charge in [0.25, 0.3) is 0 Å². The first-order valence-electron chi connectivity index (χ1n) is 11.7.